The summed E-state index contributed by atoms with van der Waals surface area (Å²) < 4.78 is 5.81. The van der Waals surface area contributed by atoms with Crippen molar-refractivity contribution < 1.29 is 19.4 Å². The number of pyridine rings is 1. The minimum Gasteiger partial charge on any atom is -0.507 e. The Bertz CT molecular complexity index is 1180. The fraction of sp³-hybridized carbons (Fsp3) is 0.222. The van der Waals surface area contributed by atoms with E-state index in [-0.39, 0.29) is 11.3 Å². The molecular formula is C27H27N3O4. The van der Waals surface area contributed by atoms with E-state index in [1.807, 2.05) is 49.3 Å². The van der Waals surface area contributed by atoms with Crippen molar-refractivity contribution in [3.8, 4) is 5.75 Å². The van der Waals surface area contributed by atoms with Gasteiger partial charge in [-0.3, -0.25) is 14.6 Å². The predicted octanol–water partition coefficient (Wildman–Crippen LogP) is 3.64. The van der Waals surface area contributed by atoms with Crippen molar-refractivity contribution in [2.24, 2.45) is 0 Å². The summed E-state index contributed by atoms with van der Waals surface area (Å²) in [6, 6.07) is 19.5. The fourth-order valence-electron chi connectivity index (χ4n) is 3.91. The van der Waals surface area contributed by atoms with E-state index in [1.165, 1.54) is 4.90 Å². The van der Waals surface area contributed by atoms with E-state index in [0.717, 1.165) is 5.56 Å². The van der Waals surface area contributed by atoms with Crippen molar-refractivity contribution >= 4 is 17.4 Å². The van der Waals surface area contributed by atoms with Crippen LogP contribution in [0, 0.1) is 0 Å². The van der Waals surface area contributed by atoms with Crippen molar-refractivity contribution in [2.45, 2.75) is 12.6 Å². The summed E-state index contributed by atoms with van der Waals surface area (Å²) >= 11 is 0. The number of rotatable bonds is 8. The highest BCUT2D eigenvalue weighted by Gasteiger charge is 2.45. The van der Waals surface area contributed by atoms with E-state index in [1.54, 1.807) is 48.8 Å². The molecule has 1 fully saturated rings. The molecule has 34 heavy (non-hydrogen) atoms. The number of ketones is 1. The number of aliphatic hydroxyl groups is 1. The summed E-state index contributed by atoms with van der Waals surface area (Å²) in [5, 5.41) is 11.1. The molecule has 0 saturated carbocycles. The van der Waals surface area contributed by atoms with Crippen LogP contribution < -0.4 is 4.74 Å². The second kappa shape index (κ2) is 10.3. The van der Waals surface area contributed by atoms with Crippen molar-refractivity contribution in [1.29, 1.82) is 0 Å². The maximum Gasteiger partial charge on any atom is 0.295 e. The number of hydrogen-bond acceptors (Lipinski definition) is 6. The lowest BCUT2D eigenvalue weighted by Crippen LogP contribution is -2.35. The second-order valence-electron chi connectivity index (χ2n) is 8.38. The van der Waals surface area contributed by atoms with Gasteiger partial charge in [0.2, 0.25) is 0 Å². The molecule has 1 aliphatic rings. The van der Waals surface area contributed by atoms with Gasteiger partial charge in [-0.05, 0) is 55.6 Å². The van der Waals surface area contributed by atoms with Crippen LogP contribution in [-0.4, -0.2) is 58.8 Å². The van der Waals surface area contributed by atoms with Gasteiger partial charge in [0.15, 0.2) is 0 Å². The molecule has 1 aliphatic heterocycles. The maximum absolute atomic E-state index is 13.0. The van der Waals surface area contributed by atoms with E-state index in [9.17, 15) is 14.7 Å². The lowest BCUT2D eigenvalue weighted by molar-refractivity contribution is -0.140. The van der Waals surface area contributed by atoms with E-state index in [2.05, 4.69) is 4.98 Å². The zero-order valence-corrected chi connectivity index (χ0v) is 19.2. The molecule has 1 amide bonds. The molecule has 2 aromatic carbocycles. The molecule has 7 heteroatoms. The van der Waals surface area contributed by atoms with Crippen LogP contribution in [0.3, 0.4) is 0 Å². The summed E-state index contributed by atoms with van der Waals surface area (Å²) in [6.07, 6.45) is 3.25. The zero-order chi connectivity index (χ0) is 24.1. The Balaban J connectivity index is 1.63. The largest absolute Gasteiger partial charge is 0.507 e. The zero-order valence-electron chi connectivity index (χ0n) is 19.2. The molecule has 1 N–H and O–H groups in total. The smallest absolute Gasteiger partial charge is 0.295 e. The Morgan fingerprint density at radius 2 is 1.76 bits per heavy atom. The Labute approximate surface area is 198 Å². The van der Waals surface area contributed by atoms with Crippen LogP contribution in [0.1, 0.15) is 22.7 Å². The van der Waals surface area contributed by atoms with Crippen LogP contribution in [0.25, 0.3) is 5.76 Å². The lowest BCUT2D eigenvalue weighted by Gasteiger charge is -2.26. The van der Waals surface area contributed by atoms with E-state index in [0.29, 0.717) is 36.6 Å². The van der Waals surface area contributed by atoms with Crippen LogP contribution in [-0.2, 0) is 16.2 Å². The third-order valence-corrected chi connectivity index (χ3v) is 5.70. The first-order valence-electron chi connectivity index (χ1n) is 11.1. The number of likely N-dealkylation sites (N-methyl/N-ethyl adjacent to an activating group) is 1. The number of amides is 1. The molecule has 0 bridgehead atoms. The molecule has 1 saturated heterocycles. The molecule has 1 unspecified atom stereocenters. The van der Waals surface area contributed by atoms with Gasteiger partial charge >= 0.3 is 0 Å². The molecule has 4 rings (SSSR count). The number of benzene rings is 2. The van der Waals surface area contributed by atoms with Crippen LogP contribution in [0.15, 0.2) is 84.7 Å². The summed E-state index contributed by atoms with van der Waals surface area (Å²) in [5.41, 5.74) is 2.22. The van der Waals surface area contributed by atoms with Gasteiger partial charge in [-0.1, -0.05) is 36.4 Å². The third-order valence-electron chi connectivity index (χ3n) is 5.70. The first kappa shape index (κ1) is 23.2. The number of aromatic nitrogens is 1. The number of hydrogen-bond donors (Lipinski definition) is 1. The van der Waals surface area contributed by atoms with Crippen molar-refractivity contribution in [2.75, 3.05) is 27.2 Å². The number of ether oxygens (including phenoxy) is 1. The van der Waals surface area contributed by atoms with Gasteiger partial charge in [0, 0.05) is 31.0 Å². The fourth-order valence-corrected chi connectivity index (χ4v) is 3.91. The number of Topliss-reactive ketones (excluding diaryl/α,β-unsaturated/α-hetero) is 1. The molecule has 7 nitrogen and oxygen atoms in total. The van der Waals surface area contributed by atoms with Crippen LogP contribution in [0.2, 0.25) is 0 Å². The Morgan fingerprint density at radius 3 is 2.41 bits per heavy atom. The summed E-state index contributed by atoms with van der Waals surface area (Å²) in [5.74, 6) is -0.903. The van der Waals surface area contributed by atoms with Crippen molar-refractivity contribution in [3.05, 3.63) is 101 Å². The van der Waals surface area contributed by atoms with Gasteiger partial charge in [0.05, 0.1) is 11.6 Å². The van der Waals surface area contributed by atoms with Gasteiger partial charge < -0.3 is 19.6 Å². The highest BCUT2D eigenvalue weighted by molar-refractivity contribution is 6.46. The van der Waals surface area contributed by atoms with Crippen LogP contribution in [0.4, 0.5) is 0 Å². The van der Waals surface area contributed by atoms with Gasteiger partial charge in [-0.2, -0.15) is 0 Å². The van der Waals surface area contributed by atoms with Gasteiger partial charge in [-0.15, -0.1) is 0 Å². The van der Waals surface area contributed by atoms with Crippen LogP contribution in [0.5, 0.6) is 5.75 Å². The highest BCUT2D eigenvalue weighted by Crippen LogP contribution is 2.39. The van der Waals surface area contributed by atoms with Gasteiger partial charge in [0.1, 0.15) is 18.1 Å². The Hall–Kier alpha value is -3.97. The Kier molecular flexibility index (Phi) is 7.04. The Morgan fingerprint density at radius 1 is 1.03 bits per heavy atom. The molecule has 1 aromatic heterocycles. The number of nitrogens with zero attached hydrogens (tertiary/aromatic N) is 3. The van der Waals surface area contributed by atoms with E-state index >= 15 is 0 Å². The number of aliphatic hydroxyl groups excluding tert-OH is 1. The average Bonchev–Trinajstić information content (AvgIpc) is 3.12. The molecule has 0 spiro atoms. The minimum atomic E-state index is -0.706. The SMILES string of the molecule is CN(C)CCN1C(=O)C(=O)C(=C(O)c2ccc(OCc3ccccc3)cc2)C1c1cccnc1. The topological polar surface area (TPSA) is 83.0 Å². The third kappa shape index (κ3) is 5.00. The number of likely N-dealkylation sites (tertiary alicyclic amines) is 1. The number of carbonyl (C=O) groups excluding carboxylic acids is 2. The summed E-state index contributed by atoms with van der Waals surface area (Å²) in [7, 11) is 3.80. The summed E-state index contributed by atoms with van der Waals surface area (Å²) in [6.45, 7) is 1.35. The normalized spacial score (nSPS) is 17.4. The first-order chi connectivity index (χ1) is 16.5. The van der Waals surface area contributed by atoms with E-state index < -0.39 is 17.7 Å². The van der Waals surface area contributed by atoms with Crippen molar-refractivity contribution in [3.63, 3.8) is 0 Å². The molecule has 1 atom stereocenters. The number of carbonyl (C=O) groups is 2. The van der Waals surface area contributed by atoms with Gasteiger partial charge in [0.25, 0.3) is 11.7 Å². The second-order valence-corrected chi connectivity index (χ2v) is 8.38. The molecule has 0 aliphatic carbocycles. The molecular weight excluding hydrogens is 430 g/mol. The highest BCUT2D eigenvalue weighted by atomic mass is 16.5. The molecule has 0 radical (unpaired) electrons. The summed E-state index contributed by atoms with van der Waals surface area (Å²) in [4.78, 5) is 33.5. The standard InChI is InChI=1S/C27H27N3O4/c1-29(2)15-16-30-24(21-9-6-14-28-17-21)23(26(32)27(30)33)25(31)20-10-12-22(13-11-20)34-18-19-7-4-3-5-8-19/h3-14,17,24,31H,15-16,18H2,1-2H3. The monoisotopic (exact) mass is 457 g/mol. The van der Waals surface area contributed by atoms with Gasteiger partial charge in [-0.25, -0.2) is 0 Å². The average molecular weight is 458 g/mol. The first-order valence-corrected chi connectivity index (χ1v) is 11.1. The molecule has 174 valence electrons. The van der Waals surface area contributed by atoms with Crippen LogP contribution >= 0.6 is 0 Å². The lowest BCUT2D eigenvalue weighted by atomic mass is 9.96. The minimum absolute atomic E-state index is 0.0645. The van der Waals surface area contributed by atoms with E-state index in [4.69, 9.17) is 4.74 Å². The quantitative estimate of drug-likeness (QED) is 0.316. The predicted molar refractivity (Wildman–Crippen MR) is 129 cm³/mol. The van der Waals surface area contributed by atoms with Crippen molar-refractivity contribution in [1.82, 2.24) is 14.8 Å². The maximum atomic E-state index is 13.0. The molecule has 2 heterocycles. The molecule has 3 aromatic rings.